The van der Waals surface area contributed by atoms with Gasteiger partial charge in [-0.15, -0.1) is 0 Å². The molecule has 0 saturated carbocycles. The topological polar surface area (TPSA) is 55.8 Å². The van der Waals surface area contributed by atoms with Crippen molar-refractivity contribution >= 4 is 29.7 Å². The molecule has 0 N–H and O–H groups in total. The lowest BCUT2D eigenvalue weighted by Crippen LogP contribution is -2.29. The molecular weight excluding hydrogens is 422 g/mol. The summed E-state index contributed by atoms with van der Waals surface area (Å²) in [6.45, 7) is 8.48. The van der Waals surface area contributed by atoms with E-state index in [0.29, 0.717) is 16.2 Å². The highest BCUT2D eigenvalue weighted by Crippen LogP contribution is 2.38. The number of hydrogen-bond donors (Lipinski definition) is 0. The van der Waals surface area contributed by atoms with Gasteiger partial charge < -0.3 is 9.47 Å². The summed E-state index contributed by atoms with van der Waals surface area (Å²) < 4.78 is 11.0. The molecule has 1 aliphatic heterocycles. The van der Waals surface area contributed by atoms with Crippen LogP contribution in [0.15, 0.2) is 59.0 Å². The van der Waals surface area contributed by atoms with Crippen LogP contribution < -0.4 is 4.74 Å². The maximum atomic E-state index is 12.8. The summed E-state index contributed by atoms with van der Waals surface area (Å²) in [5.74, 6) is 0.387. The molecule has 0 saturated heterocycles. The molecule has 0 aliphatic carbocycles. The molecule has 0 fully saturated rings. The van der Waals surface area contributed by atoms with Crippen molar-refractivity contribution in [2.75, 3.05) is 13.8 Å². The van der Waals surface area contributed by atoms with Crippen molar-refractivity contribution in [3.63, 3.8) is 0 Å². The number of ether oxygens (including phenoxy) is 2. The normalized spacial score (nSPS) is 15.2. The molecule has 1 amide bonds. The molecule has 0 radical (unpaired) electrons. The van der Waals surface area contributed by atoms with Crippen LogP contribution in [-0.4, -0.2) is 30.6 Å². The number of amides is 1. The van der Waals surface area contributed by atoms with Crippen molar-refractivity contribution in [2.45, 2.75) is 39.5 Å². The Labute approximate surface area is 194 Å². The molecule has 1 heterocycles. The highest BCUT2D eigenvalue weighted by Gasteiger charge is 2.23. The first-order valence-corrected chi connectivity index (χ1v) is 11.5. The second-order valence-corrected chi connectivity index (χ2v) is 9.15. The summed E-state index contributed by atoms with van der Waals surface area (Å²) in [5.41, 5.74) is 3.28. The number of nitrogens with zero attached hydrogens (tertiary/aromatic N) is 1. The minimum Gasteiger partial charge on any atom is -0.422 e. The molecule has 2 aromatic rings. The summed E-state index contributed by atoms with van der Waals surface area (Å²) in [6, 6.07) is 13.0. The molecule has 3 rings (SSSR count). The lowest BCUT2D eigenvalue weighted by atomic mass is 9.91. The molecule has 0 bridgehead atoms. The fraction of sp³-hybridized carbons (Fsp3) is 0.308. The van der Waals surface area contributed by atoms with Crippen molar-refractivity contribution in [3.05, 3.63) is 81.2 Å². The Balaban J connectivity index is 2.03. The first-order chi connectivity index (χ1) is 15.3. The monoisotopic (exact) mass is 451 g/mol. The summed E-state index contributed by atoms with van der Waals surface area (Å²) in [6.07, 6.45) is 3.61. The minimum absolute atomic E-state index is 0.101. The number of methoxy groups -OCH3 is 1. The summed E-state index contributed by atoms with van der Waals surface area (Å²) in [4.78, 5) is 27.7. The number of thioether (sulfide) groups is 1. The van der Waals surface area contributed by atoms with Crippen LogP contribution in [0.1, 0.15) is 66.6 Å². The third kappa shape index (κ3) is 5.50. The minimum atomic E-state index is -0.376. The molecule has 0 unspecified atom stereocenters. The number of hydrogen-bond acceptors (Lipinski definition) is 5. The van der Waals surface area contributed by atoms with E-state index in [2.05, 4.69) is 27.7 Å². The van der Waals surface area contributed by atoms with Crippen LogP contribution in [0, 0.1) is 0 Å². The average Bonchev–Trinajstić information content (AvgIpc) is 2.77. The largest absolute Gasteiger partial charge is 0.422 e. The Morgan fingerprint density at radius 2 is 1.69 bits per heavy atom. The second kappa shape index (κ2) is 10.7. The summed E-state index contributed by atoms with van der Waals surface area (Å²) in [7, 11) is 1.56. The number of carbonyl (C=O) groups is 2. The van der Waals surface area contributed by atoms with Gasteiger partial charge in [-0.1, -0.05) is 57.7 Å². The van der Waals surface area contributed by atoms with Gasteiger partial charge in [0.25, 0.3) is 5.91 Å². The fourth-order valence-corrected chi connectivity index (χ4v) is 4.18. The van der Waals surface area contributed by atoms with Crippen molar-refractivity contribution < 1.29 is 19.1 Å². The standard InChI is InChI=1S/C26H29NO4S/c1-17(2)21-13-19(15-23-25(28)27(16-30-5)11-12-32-23)14-22(18(3)4)24(21)31-26(29)20-9-7-6-8-10-20/h6-15,17-18H,16H2,1-5H3/b23-15-. The first kappa shape index (κ1) is 23.8. The third-order valence-corrected chi connectivity index (χ3v) is 5.89. The van der Waals surface area contributed by atoms with Crippen LogP contribution >= 0.6 is 11.8 Å². The van der Waals surface area contributed by atoms with Crippen LogP contribution in [0.2, 0.25) is 0 Å². The zero-order valence-corrected chi connectivity index (χ0v) is 19.9. The third-order valence-electron chi connectivity index (χ3n) is 5.09. The maximum Gasteiger partial charge on any atom is 0.343 e. The van der Waals surface area contributed by atoms with Gasteiger partial charge in [0.1, 0.15) is 12.5 Å². The van der Waals surface area contributed by atoms with Gasteiger partial charge in [0.2, 0.25) is 0 Å². The molecule has 1 aliphatic rings. The Kier molecular flexibility index (Phi) is 7.94. The van der Waals surface area contributed by atoms with Crippen molar-refractivity contribution in [2.24, 2.45) is 0 Å². The highest BCUT2D eigenvalue weighted by atomic mass is 32.2. The maximum absolute atomic E-state index is 12.8. The number of rotatable bonds is 7. The summed E-state index contributed by atoms with van der Waals surface area (Å²) in [5, 5.41) is 1.87. The van der Waals surface area contributed by atoms with Crippen molar-refractivity contribution in [1.82, 2.24) is 4.90 Å². The van der Waals surface area contributed by atoms with Gasteiger partial charge in [0.05, 0.1) is 10.5 Å². The van der Waals surface area contributed by atoms with Crippen LogP contribution in [0.5, 0.6) is 5.75 Å². The smallest absolute Gasteiger partial charge is 0.343 e. The SMILES string of the molecule is COCN1C=CS/C(=C\c2cc(C(C)C)c(OC(=O)c3ccccc3)c(C(C)C)c2)C1=O. The quantitative estimate of drug-likeness (QED) is 0.287. The van der Waals surface area contributed by atoms with E-state index >= 15 is 0 Å². The van der Waals surface area contributed by atoms with Crippen molar-refractivity contribution in [3.8, 4) is 5.75 Å². The molecule has 5 nitrogen and oxygen atoms in total. The van der Waals surface area contributed by atoms with Crippen LogP contribution in [0.3, 0.4) is 0 Å². The van der Waals surface area contributed by atoms with Crippen LogP contribution in [-0.2, 0) is 9.53 Å². The van der Waals surface area contributed by atoms with Gasteiger partial charge in [0, 0.05) is 13.3 Å². The van der Waals surface area contributed by atoms with E-state index in [-0.39, 0.29) is 30.4 Å². The van der Waals surface area contributed by atoms with E-state index in [0.717, 1.165) is 16.7 Å². The van der Waals surface area contributed by atoms with E-state index in [1.807, 2.05) is 41.8 Å². The Morgan fingerprint density at radius 1 is 1.06 bits per heavy atom. The van der Waals surface area contributed by atoms with Crippen LogP contribution in [0.25, 0.3) is 6.08 Å². The van der Waals surface area contributed by atoms with E-state index in [1.165, 1.54) is 16.7 Å². The van der Waals surface area contributed by atoms with Gasteiger partial charge in [-0.3, -0.25) is 9.69 Å². The molecule has 2 aromatic carbocycles. The Bertz CT molecular complexity index is 1010. The van der Waals surface area contributed by atoms with E-state index in [1.54, 1.807) is 25.4 Å². The predicted octanol–water partition coefficient (Wildman–Crippen LogP) is 6.14. The van der Waals surface area contributed by atoms with E-state index in [9.17, 15) is 9.59 Å². The summed E-state index contributed by atoms with van der Waals surface area (Å²) >= 11 is 1.38. The Morgan fingerprint density at radius 3 is 2.25 bits per heavy atom. The lowest BCUT2D eigenvalue weighted by molar-refractivity contribution is -0.127. The number of carbonyl (C=O) groups excluding carboxylic acids is 2. The molecule has 6 heteroatoms. The van der Waals surface area contributed by atoms with E-state index in [4.69, 9.17) is 9.47 Å². The number of esters is 1. The van der Waals surface area contributed by atoms with Crippen LogP contribution in [0.4, 0.5) is 0 Å². The van der Waals surface area contributed by atoms with Gasteiger partial charge in [-0.05, 0) is 64.3 Å². The Hall–Kier alpha value is -2.83. The lowest BCUT2D eigenvalue weighted by Gasteiger charge is -2.23. The molecule has 0 spiro atoms. The predicted molar refractivity (Wildman–Crippen MR) is 129 cm³/mol. The molecule has 168 valence electrons. The molecule has 0 aromatic heterocycles. The van der Waals surface area contributed by atoms with E-state index < -0.39 is 0 Å². The molecule has 32 heavy (non-hydrogen) atoms. The zero-order chi connectivity index (χ0) is 23.3. The zero-order valence-electron chi connectivity index (χ0n) is 19.1. The molecular formula is C26H29NO4S. The van der Waals surface area contributed by atoms with Gasteiger partial charge in [-0.25, -0.2) is 4.79 Å². The number of benzene rings is 2. The highest BCUT2D eigenvalue weighted by molar-refractivity contribution is 8.06. The van der Waals surface area contributed by atoms with Gasteiger partial charge >= 0.3 is 5.97 Å². The van der Waals surface area contributed by atoms with Gasteiger partial charge in [0.15, 0.2) is 0 Å². The molecule has 0 atom stereocenters. The average molecular weight is 452 g/mol. The second-order valence-electron chi connectivity index (χ2n) is 8.20. The fourth-order valence-electron chi connectivity index (χ4n) is 3.41. The van der Waals surface area contributed by atoms with Gasteiger partial charge in [-0.2, -0.15) is 0 Å². The van der Waals surface area contributed by atoms with Crippen molar-refractivity contribution in [1.29, 1.82) is 0 Å². The first-order valence-electron chi connectivity index (χ1n) is 10.6.